The first-order valence-corrected chi connectivity index (χ1v) is 5.09. The van der Waals surface area contributed by atoms with E-state index in [0.29, 0.717) is 5.92 Å². The molecule has 0 saturated carbocycles. The number of rotatable bonds is 7. The Bertz CT molecular complexity index is 143. The van der Waals surface area contributed by atoms with E-state index in [1.54, 1.807) is 0 Å². The van der Waals surface area contributed by atoms with E-state index in [0.717, 1.165) is 19.6 Å². The molecule has 2 heteroatoms. The highest BCUT2D eigenvalue weighted by molar-refractivity contribution is 4.90. The molecule has 2 N–H and O–H groups in total. The van der Waals surface area contributed by atoms with Crippen LogP contribution in [0.5, 0.6) is 0 Å². The van der Waals surface area contributed by atoms with Crippen LogP contribution >= 0.6 is 0 Å². The Morgan fingerprint density at radius 2 is 2.15 bits per heavy atom. The summed E-state index contributed by atoms with van der Waals surface area (Å²) >= 11 is 0. The van der Waals surface area contributed by atoms with E-state index >= 15 is 0 Å². The molecule has 13 heavy (non-hydrogen) atoms. The topological polar surface area (TPSA) is 29.3 Å². The van der Waals surface area contributed by atoms with Gasteiger partial charge in [0.05, 0.1) is 0 Å². The summed E-state index contributed by atoms with van der Waals surface area (Å²) in [5.41, 5.74) is 6.77. The second-order valence-corrected chi connectivity index (χ2v) is 4.18. The van der Waals surface area contributed by atoms with Crippen LogP contribution in [-0.2, 0) is 0 Å². The first-order chi connectivity index (χ1) is 6.06. The van der Waals surface area contributed by atoms with Crippen LogP contribution in [-0.4, -0.2) is 31.6 Å². The number of nitrogens with two attached hydrogens (primary N) is 1. The van der Waals surface area contributed by atoms with Crippen molar-refractivity contribution in [1.82, 2.24) is 4.90 Å². The molecule has 0 saturated heterocycles. The van der Waals surface area contributed by atoms with Gasteiger partial charge in [-0.3, -0.25) is 0 Å². The standard InChI is InChI=1S/C11H24N2/c1-10(2)9-13(4)7-5-6-11(3)8-12/h11H,1,5-9,12H2,2-4H3. The Labute approximate surface area is 82.8 Å². The van der Waals surface area contributed by atoms with Gasteiger partial charge in [0.1, 0.15) is 0 Å². The Morgan fingerprint density at radius 1 is 1.54 bits per heavy atom. The number of nitrogens with zero attached hydrogens (tertiary/aromatic N) is 1. The average molecular weight is 184 g/mol. The van der Waals surface area contributed by atoms with Crippen molar-refractivity contribution in [2.75, 3.05) is 26.7 Å². The van der Waals surface area contributed by atoms with E-state index in [4.69, 9.17) is 5.73 Å². The molecule has 0 spiro atoms. The molecular weight excluding hydrogens is 160 g/mol. The monoisotopic (exact) mass is 184 g/mol. The third-order valence-corrected chi connectivity index (χ3v) is 2.18. The molecule has 0 aliphatic rings. The van der Waals surface area contributed by atoms with Crippen LogP contribution in [0, 0.1) is 5.92 Å². The van der Waals surface area contributed by atoms with Gasteiger partial charge >= 0.3 is 0 Å². The van der Waals surface area contributed by atoms with E-state index in [9.17, 15) is 0 Å². The fourth-order valence-electron chi connectivity index (χ4n) is 1.37. The molecule has 0 fully saturated rings. The van der Waals surface area contributed by atoms with E-state index in [-0.39, 0.29) is 0 Å². The molecule has 0 aromatic rings. The minimum absolute atomic E-state index is 0.665. The zero-order valence-corrected chi connectivity index (χ0v) is 9.34. The summed E-state index contributed by atoms with van der Waals surface area (Å²) in [6.45, 7) is 11.1. The highest BCUT2D eigenvalue weighted by atomic mass is 15.1. The Morgan fingerprint density at radius 3 is 2.62 bits per heavy atom. The number of hydrogen-bond donors (Lipinski definition) is 1. The lowest BCUT2D eigenvalue weighted by atomic mass is 10.1. The van der Waals surface area contributed by atoms with E-state index in [2.05, 4.69) is 32.4 Å². The van der Waals surface area contributed by atoms with Crippen molar-refractivity contribution >= 4 is 0 Å². The van der Waals surface area contributed by atoms with Crippen LogP contribution in [0.1, 0.15) is 26.7 Å². The second-order valence-electron chi connectivity index (χ2n) is 4.18. The first kappa shape index (κ1) is 12.7. The van der Waals surface area contributed by atoms with Gasteiger partial charge < -0.3 is 10.6 Å². The summed E-state index contributed by atoms with van der Waals surface area (Å²) in [5, 5.41) is 0. The molecule has 2 nitrogen and oxygen atoms in total. The molecule has 1 unspecified atom stereocenters. The zero-order chi connectivity index (χ0) is 10.3. The fraction of sp³-hybridized carbons (Fsp3) is 0.818. The lowest BCUT2D eigenvalue weighted by Crippen LogP contribution is -2.22. The van der Waals surface area contributed by atoms with Gasteiger partial charge in [-0.05, 0) is 45.8 Å². The molecule has 1 atom stereocenters. The Kier molecular flexibility index (Phi) is 6.92. The van der Waals surface area contributed by atoms with Crippen LogP contribution in [0.3, 0.4) is 0 Å². The normalized spacial score (nSPS) is 13.3. The smallest absolute Gasteiger partial charge is 0.0184 e. The summed E-state index contributed by atoms with van der Waals surface area (Å²) in [4.78, 5) is 2.31. The largest absolute Gasteiger partial charge is 0.330 e. The molecule has 0 amide bonds. The van der Waals surface area contributed by atoms with Gasteiger partial charge in [-0.1, -0.05) is 19.1 Å². The number of likely N-dealkylation sites (N-methyl/N-ethyl adjacent to an activating group) is 1. The van der Waals surface area contributed by atoms with Gasteiger partial charge in [0, 0.05) is 6.54 Å². The van der Waals surface area contributed by atoms with Crippen LogP contribution in [0.2, 0.25) is 0 Å². The number of hydrogen-bond acceptors (Lipinski definition) is 2. The van der Waals surface area contributed by atoms with E-state index < -0.39 is 0 Å². The summed E-state index contributed by atoms with van der Waals surface area (Å²) in [6.07, 6.45) is 2.47. The molecular formula is C11H24N2. The summed E-state index contributed by atoms with van der Waals surface area (Å²) in [7, 11) is 2.14. The molecule has 0 bridgehead atoms. The minimum atomic E-state index is 0.665. The lowest BCUT2D eigenvalue weighted by Gasteiger charge is -2.17. The maximum absolute atomic E-state index is 5.54. The van der Waals surface area contributed by atoms with Crippen LogP contribution in [0.4, 0.5) is 0 Å². The zero-order valence-electron chi connectivity index (χ0n) is 9.34. The second kappa shape index (κ2) is 7.10. The average Bonchev–Trinajstić information content (AvgIpc) is 2.02. The van der Waals surface area contributed by atoms with Crippen LogP contribution < -0.4 is 5.73 Å². The predicted molar refractivity (Wildman–Crippen MR) is 59.8 cm³/mol. The SMILES string of the molecule is C=C(C)CN(C)CCCC(C)CN. The maximum atomic E-state index is 5.54. The van der Waals surface area contributed by atoms with Crippen molar-refractivity contribution in [2.24, 2.45) is 11.7 Å². The van der Waals surface area contributed by atoms with Crippen molar-refractivity contribution in [3.8, 4) is 0 Å². The molecule has 0 aromatic carbocycles. The molecule has 0 aliphatic carbocycles. The van der Waals surface area contributed by atoms with Gasteiger partial charge in [-0.15, -0.1) is 0 Å². The molecule has 0 radical (unpaired) electrons. The van der Waals surface area contributed by atoms with Gasteiger partial charge in [0.15, 0.2) is 0 Å². The van der Waals surface area contributed by atoms with Crippen molar-refractivity contribution in [3.63, 3.8) is 0 Å². The van der Waals surface area contributed by atoms with Crippen molar-refractivity contribution in [2.45, 2.75) is 26.7 Å². The highest BCUT2D eigenvalue weighted by Crippen LogP contribution is 2.04. The molecule has 0 aliphatic heterocycles. The van der Waals surface area contributed by atoms with Gasteiger partial charge in [-0.2, -0.15) is 0 Å². The van der Waals surface area contributed by atoms with E-state index in [1.165, 1.54) is 18.4 Å². The van der Waals surface area contributed by atoms with Gasteiger partial charge in [0.25, 0.3) is 0 Å². The summed E-state index contributed by atoms with van der Waals surface area (Å²) in [5.74, 6) is 0.665. The van der Waals surface area contributed by atoms with Gasteiger partial charge in [0.2, 0.25) is 0 Å². The third-order valence-electron chi connectivity index (χ3n) is 2.18. The quantitative estimate of drug-likeness (QED) is 0.612. The Balaban J connectivity index is 3.36. The van der Waals surface area contributed by atoms with Crippen molar-refractivity contribution in [3.05, 3.63) is 12.2 Å². The Hall–Kier alpha value is -0.340. The maximum Gasteiger partial charge on any atom is 0.0184 e. The third kappa shape index (κ3) is 8.00. The highest BCUT2D eigenvalue weighted by Gasteiger charge is 2.01. The van der Waals surface area contributed by atoms with Crippen molar-refractivity contribution < 1.29 is 0 Å². The van der Waals surface area contributed by atoms with E-state index in [1.807, 2.05) is 0 Å². The lowest BCUT2D eigenvalue weighted by molar-refractivity contribution is 0.339. The molecule has 78 valence electrons. The van der Waals surface area contributed by atoms with Crippen LogP contribution in [0.15, 0.2) is 12.2 Å². The molecule has 0 aromatic heterocycles. The molecule has 0 heterocycles. The van der Waals surface area contributed by atoms with Crippen LogP contribution in [0.25, 0.3) is 0 Å². The minimum Gasteiger partial charge on any atom is -0.330 e. The summed E-state index contributed by atoms with van der Waals surface area (Å²) in [6, 6.07) is 0. The summed E-state index contributed by atoms with van der Waals surface area (Å²) < 4.78 is 0. The predicted octanol–water partition coefficient (Wildman–Crippen LogP) is 1.87. The van der Waals surface area contributed by atoms with Gasteiger partial charge in [-0.25, -0.2) is 0 Å². The van der Waals surface area contributed by atoms with Crippen molar-refractivity contribution in [1.29, 1.82) is 0 Å². The molecule has 0 rings (SSSR count). The first-order valence-electron chi connectivity index (χ1n) is 5.09. The fourth-order valence-corrected chi connectivity index (χ4v) is 1.37.